The topological polar surface area (TPSA) is 71.1 Å². The quantitative estimate of drug-likeness (QED) is 0.643. The molecule has 1 aliphatic rings. The van der Waals surface area contributed by atoms with E-state index in [2.05, 4.69) is 0 Å². The van der Waals surface area contributed by atoms with Gasteiger partial charge in [0.15, 0.2) is 0 Å². The summed E-state index contributed by atoms with van der Waals surface area (Å²) in [5.74, 6) is 0.730. The Morgan fingerprint density at radius 2 is 1.17 bits per heavy atom. The lowest BCUT2D eigenvalue weighted by Crippen LogP contribution is -2.29. The third-order valence-electron chi connectivity index (χ3n) is 4.90. The van der Waals surface area contributed by atoms with Gasteiger partial charge in [0.05, 0.1) is 24.8 Å². The summed E-state index contributed by atoms with van der Waals surface area (Å²) < 4.78 is 21.7. The lowest BCUT2D eigenvalue weighted by molar-refractivity contribution is -0.0108. The van der Waals surface area contributed by atoms with Crippen molar-refractivity contribution in [2.75, 3.05) is 13.7 Å². The Bertz CT molecular complexity index is 804. The highest BCUT2D eigenvalue weighted by Crippen LogP contribution is 2.26. The third-order valence-corrected chi connectivity index (χ3v) is 4.90. The highest BCUT2D eigenvalue weighted by atomic mass is 16.6. The Balaban J connectivity index is 1.44. The van der Waals surface area contributed by atoms with Gasteiger partial charge in [-0.15, -0.1) is 0 Å². The van der Waals surface area contributed by atoms with Crippen LogP contribution in [0.5, 0.6) is 11.5 Å². The molecule has 0 aromatic heterocycles. The van der Waals surface area contributed by atoms with Crippen LogP contribution in [0.15, 0.2) is 48.5 Å². The van der Waals surface area contributed by atoms with Gasteiger partial charge in [0, 0.05) is 0 Å². The maximum absolute atomic E-state index is 12.3. The molecule has 0 heterocycles. The molecule has 0 N–H and O–H groups in total. The number of carbonyl (C=O) groups excluding carboxylic acids is 2. The van der Waals surface area contributed by atoms with Crippen LogP contribution < -0.4 is 9.47 Å². The molecule has 154 valence electrons. The molecule has 2 aromatic carbocycles. The van der Waals surface area contributed by atoms with Gasteiger partial charge in [-0.3, -0.25) is 0 Å². The summed E-state index contributed by atoms with van der Waals surface area (Å²) in [7, 11) is 1.58. The predicted molar refractivity (Wildman–Crippen MR) is 107 cm³/mol. The molecule has 0 unspecified atom stereocenters. The van der Waals surface area contributed by atoms with Gasteiger partial charge in [0.2, 0.25) is 0 Å². The Labute approximate surface area is 170 Å². The molecule has 0 amide bonds. The van der Waals surface area contributed by atoms with Gasteiger partial charge < -0.3 is 18.9 Å². The maximum Gasteiger partial charge on any atom is 0.338 e. The molecule has 0 aliphatic heterocycles. The van der Waals surface area contributed by atoms with Gasteiger partial charge in [-0.2, -0.15) is 0 Å². The molecule has 6 nitrogen and oxygen atoms in total. The largest absolute Gasteiger partial charge is 0.497 e. The van der Waals surface area contributed by atoms with E-state index in [9.17, 15) is 9.59 Å². The number of hydrogen-bond donors (Lipinski definition) is 0. The standard InChI is InChI=1S/C23H26O6/c1-3-27-19-10-6-17(7-11-19)23(25)29-21-14-12-20(13-15-21)28-22(24)16-4-8-18(26-2)9-5-16/h4-11,20-21H,3,12-15H2,1-2H3. The second kappa shape index (κ2) is 9.96. The fourth-order valence-corrected chi connectivity index (χ4v) is 3.29. The second-order valence-corrected chi connectivity index (χ2v) is 6.90. The molecule has 2 aromatic rings. The zero-order valence-electron chi connectivity index (χ0n) is 16.8. The molecule has 0 bridgehead atoms. The summed E-state index contributed by atoms with van der Waals surface area (Å²) in [6, 6.07) is 13.8. The van der Waals surface area contributed by atoms with Crippen molar-refractivity contribution in [3.63, 3.8) is 0 Å². The van der Waals surface area contributed by atoms with E-state index in [4.69, 9.17) is 18.9 Å². The zero-order valence-corrected chi connectivity index (χ0v) is 16.8. The van der Waals surface area contributed by atoms with E-state index in [1.807, 2.05) is 6.92 Å². The van der Waals surface area contributed by atoms with Gasteiger partial charge in [-0.1, -0.05) is 0 Å². The van der Waals surface area contributed by atoms with E-state index in [0.717, 1.165) is 5.75 Å². The molecule has 3 rings (SSSR count). The summed E-state index contributed by atoms with van der Waals surface area (Å²) in [5.41, 5.74) is 0.997. The predicted octanol–water partition coefficient (Wildman–Crippen LogP) is 4.42. The fourth-order valence-electron chi connectivity index (χ4n) is 3.29. The van der Waals surface area contributed by atoms with Gasteiger partial charge >= 0.3 is 11.9 Å². The van der Waals surface area contributed by atoms with Crippen molar-refractivity contribution in [1.29, 1.82) is 0 Å². The van der Waals surface area contributed by atoms with Crippen LogP contribution in [0.1, 0.15) is 53.3 Å². The second-order valence-electron chi connectivity index (χ2n) is 6.90. The van der Waals surface area contributed by atoms with Crippen molar-refractivity contribution >= 4 is 11.9 Å². The molecule has 0 radical (unpaired) electrons. The van der Waals surface area contributed by atoms with Gasteiger partial charge in [-0.25, -0.2) is 9.59 Å². The van der Waals surface area contributed by atoms with E-state index in [0.29, 0.717) is 49.2 Å². The van der Waals surface area contributed by atoms with Crippen LogP contribution in [0.4, 0.5) is 0 Å². The highest BCUT2D eigenvalue weighted by Gasteiger charge is 2.27. The molecular weight excluding hydrogens is 372 g/mol. The fraction of sp³-hybridized carbons (Fsp3) is 0.391. The Morgan fingerprint density at radius 3 is 1.55 bits per heavy atom. The first kappa shape index (κ1) is 20.7. The highest BCUT2D eigenvalue weighted by molar-refractivity contribution is 5.90. The number of ether oxygens (including phenoxy) is 4. The van der Waals surface area contributed by atoms with Gasteiger partial charge in [0.1, 0.15) is 23.7 Å². The van der Waals surface area contributed by atoms with Gasteiger partial charge in [0.25, 0.3) is 0 Å². The Morgan fingerprint density at radius 1 is 0.759 bits per heavy atom. The molecule has 0 atom stereocenters. The summed E-state index contributed by atoms with van der Waals surface area (Å²) in [4.78, 5) is 24.6. The van der Waals surface area contributed by atoms with Crippen LogP contribution in [0, 0.1) is 0 Å². The first-order valence-electron chi connectivity index (χ1n) is 9.88. The van der Waals surface area contributed by atoms with E-state index in [-0.39, 0.29) is 24.1 Å². The Kier molecular flexibility index (Phi) is 7.11. The maximum atomic E-state index is 12.3. The number of hydrogen-bond acceptors (Lipinski definition) is 6. The van der Waals surface area contributed by atoms with Crippen molar-refractivity contribution in [3.05, 3.63) is 59.7 Å². The van der Waals surface area contributed by atoms with E-state index in [1.165, 1.54) is 0 Å². The molecule has 29 heavy (non-hydrogen) atoms. The van der Waals surface area contributed by atoms with Gasteiger partial charge in [-0.05, 0) is 81.1 Å². The lowest BCUT2D eigenvalue weighted by Gasteiger charge is -2.28. The number of esters is 2. The number of rotatable bonds is 7. The molecule has 1 saturated carbocycles. The van der Waals surface area contributed by atoms with E-state index >= 15 is 0 Å². The molecule has 6 heteroatoms. The van der Waals surface area contributed by atoms with Crippen molar-refractivity contribution in [2.24, 2.45) is 0 Å². The summed E-state index contributed by atoms with van der Waals surface area (Å²) >= 11 is 0. The number of benzene rings is 2. The Hall–Kier alpha value is -3.02. The number of carbonyl (C=O) groups is 2. The van der Waals surface area contributed by atoms with Crippen LogP contribution in [0.25, 0.3) is 0 Å². The van der Waals surface area contributed by atoms with Crippen LogP contribution in [0.3, 0.4) is 0 Å². The first-order valence-corrected chi connectivity index (χ1v) is 9.88. The minimum absolute atomic E-state index is 0.162. The number of methoxy groups -OCH3 is 1. The van der Waals surface area contributed by atoms with Crippen LogP contribution in [-0.4, -0.2) is 37.9 Å². The minimum Gasteiger partial charge on any atom is -0.497 e. The summed E-state index contributed by atoms with van der Waals surface area (Å²) in [6.07, 6.45) is 2.36. The lowest BCUT2D eigenvalue weighted by atomic mass is 9.95. The summed E-state index contributed by atoms with van der Waals surface area (Å²) in [5, 5.41) is 0. The average Bonchev–Trinajstić information content (AvgIpc) is 2.76. The van der Waals surface area contributed by atoms with E-state index in [1.54, 1.807) is 55.6 Å². The van der Waals surface area contributed by atoms with Crippen molar-refractivity contribution in [3.8, 4) is 11.5 Å². The zero-order chi connectivity index (χ0) is 20.6. The van der Waals surface area contributed by atoms with Crippen LogP contribution >= 0.6 is 0 Å². The third kappa shape index (κ3) is 5.73. The van der Waals surface area contributed by atoms with Crippen LogP contribution in [-0.2, 0) is 9.47 Å². The minimum atomic E-state index is -0.345. The first-order chi connectivity index (χ1) is 14.1. The molecule has 0 spiro atoms. The van der Waals surface area contributed by atoms with Crippen molar-refractivity contribution in [1.82, 2.24) is 0 Å². The SMILES string of the molecule is CCOc1ccc(C(=O)OC2CCC(OC(=O)c3ccc(OC)cc3)CC2)cc1. The monoisotopic (exact) mass is 398 g/mol. The molecular formula is C23H26O6. The normalized spacial score (nSPS) is 18.6. The van der Waals surface area contributed by atoms with Crippen LogP contribution in [0.2, 0.25) is 0 Å². The molecule has 1 fully saturated rings. The average molecular weight is 398 g/mol. The molecule has 1 aliphatic carbocycles. The molecule has 0 saturated heterocycles. The van der Waals surface area contributed by atoms with Crippen molar-refractivity contribution in [2.45, 2.75) is 44.8 Å². The van der Waals surface area contributed by atoms with Crippen molar-refractivity contribution < 1.29 is 28.5 Å². The van der Waals surface area contributed by atoms with E-state index < -0.39 is 0 Å². The smallest absolute Gasteiger partial charge is 0.338 e. The summed E-state index contributed by atoms with van der Waals surface area (Å²) in [6.45, 7) is 2.49.